The van der Waals surface area contributed by atoms with Crippen molar-refractivity contribution in [3.05, 3.63) is 0 Å². The first-order valence-corrected chi connectivity index (χ1v) is 2.79. The van der Waals surface area contributed by atoms with E-state index >= 15 is 0 Å². The van der Waals surface area contributed by atoms with Gasteiger partial charge in [-0.1, -0.05) is 23.2 Å². The number of halogens is 3. The monoisotopic (exact) mass is 207 g/mol. The standard InChI is InChI=1S/C2HBrCl2O2/c3-2(4,5)1(6)7/h(H,6,7)/i1+1. The van der Waals surface area contributed by atoms with E-state index in [1.54, 1.807) is 0 Å². The normalized spacial score (nSPS) is 11.3. The lowest BCUT2D eigenvalue weighted by Gasteiger charge is -2.00. The van der Waals surface area contributed by atoms with E-state index in [1.807, 2.05) is 0 Å². The van der Waals surface area contributed by atoms with Crippen LogP contribution in [0, 0.1) is 0 Å². The van der Waals surface area contributed by atoms with Gasteiger partial charge in [0.05, 0.1) is 0 Å². The van der Waals surface area contributed by atoms with Gasteiger partial charge in [0, 0.05) is 0 Å². The van der Waals surface area contributed by atoms with Crippen LogP contribution in [-0.2, 0) is 4.79 Å². The van der Waals surface area contributed by atoms with Crippen molar-refractivity contribution in [1.82, 2.24) is 0 Å². The third-order valence-corrected chi connectivity index (χ3v) is 0.905. The van der Waals surface area contributed by atoms with Crippen molar-refractivity contribution < 1.29 is 9.90 Å². The third-order valence-electron chi connectivity index (χ3n) is 0.243. The molecule has 0 aliphatic rings. The number of hydrogen-bond acceptors (Lipinski definition) is 1. The van der Waals surface area contributed by atoms with Gasteiger partial charge in [0.25, 0.3) is 3.24 Å². The molecule has 0 aromatic heterocycles. The predicted molar refractivity (Wildman–Crippen MR) is 31.0 cm³/mol. The van der Waals surface area contributed by atoms with Crippen molar-refractivity contribution in [2.75, 3.05) is 0 Å². The van der Waals surface area contributed by atoms with Crippen molar-refractivity contribution in [2.24, 2.45) is 0 Å². The molecule has 0 radical (unpaired) electrons. The highest BCUT2D eigenvalue weighted by molar-refractivity contribution is 9.11. The quantitative estimate of drug-likeness (QED) is 0.525. The minimum atomic E-state index is -1.83. The molecule has 0 aromatic rings. The van der Waals surface area contributed by atoms with Crippen molar-refractivity contribution in [3.63, 3.8) is 0 Å². The van der Waals surface area contributed by atoms with E-state index in [0.717, 1.165) is 0 Å². The van der Waals surface area contributed by atoms with E-state index in [2.05, 4.69) is 15.9 Å². The minimum Gasteiger partial charge on any atom is -0.478 e. The van der Waals surface area contributed by atoms with Crippen LogP contribution in [0.5, 0.6) is 0 Å². The van der Waals surface area contributed by atoms with E-state index < -0.39 is 9.21 Å². The first-order chi connectivity index (χ1) is 2.94. The van der Waals surface area contributed by atoms with E-state index in [0.29, 0.717) is 0 Å². The Morgan fingerprint density at radius 2 is 1.86 bits per heavy atom. The predicted octanol–water partition coefficient (Wildman–Crippen LogP) is 1.60. The van der Waals surface area contributed by atoms with Gasteiger partial charge in [-0.25, -0.2) is 4.79 Å². The van der Waals surface area contributed by atoms with Gasteiger partial charge in [0.2, 0.25) is 0 Å². The van der Waals surface area contributed by atoms with Crippen LogP contribution < -0.4 is 0 Å². The Bertz CT molecular complexity index is 86.2. The largest absolute Gasteiger partial charge is 0.478 e. The van der Waals surface area contributed by atoms with Gasteiger partial charge >= 0.3 is 5.97 Å². The molecule has 0 aromatic carbocycles. The van der Waals surface area contributed by atoms with Crippen molar-refractivity contribution in [2.45, 2.75) is 3.24 Å². The molecule has 42 valence electrons. The lowest BCUT2D eigenvalue weighted by molar-refractivity contribution is -0.135. The number of carboxylic acids is 1. The summed E-state index contributed by atoms with van der Waals surface area (Å²) >= 11 is 12.4. The van der Waals surface area contributed by atoms with Crippen molar-refractivity contribution in [3.8, 4) is 0 Å². The average Bonchev–Trinajstić information content (AvgIpc) is 1.31. The van der Waals surface area contributed by atoms with Gasteiger partial charge in [-0.2, -0.15) is 0 Å². The van der Waals surface area contributed by atoms with E-state index in [4.69, 9.17) is 28.3 Å². The van der Waals surface area contributed by atoms with E-state index in [-0.39, 0.29) is 0 Å². The van der Waals surface area contributed by atoms with Gasteiger partial charge in [0.1, 0.15) is 0 Å². The molecule has 0 aliphatic carbocycles. The second-order valence-electron chi connectivity index (χ2n) is 0.803. The average molecular weight is 209 g/mol. The summed E-state index contributed by atoms with van der Waals surface area (Å²) in [6, 6.07) is 0. The van der Waals surface area contributed by atoms with Crippen LogP contribution in [0.2, 0.25) is 0 Å². The maximum Gasteiger partial charge on any atom is 0.351 e. The highest BCUT2D eigenvalue weighted by Gasteiger charge is 2.28. The summed E-state index contributed by atoms with van der Waals surface area (Å²) in [4.78, 5) is 9.71. The zero-order chi connectivity index (χ0) is 6.08. The molecule has 0 rings (SSSR count). The summed E-state index contributed by atoms with van der Waals surface area (Å²) in [5.74, 6) is -1.31. The van der Waals surface area contributed by atoms with Crippen molar-refractivity contribution >= 4 is 45.1 Å². The number of alkyl halides is 3. The molecule has 0 bridgehead atoms. The third kappa shape index (κ3) is 3.14. The molecule has 5 heteroatoms. The molecular formula is C2HBrCl2O2. The number of hydrogen-bond donors (Lipinski definition) is 1. The Kier molecular flexibility index (Phi) is 2.37. The zero-order valence-corrected chi connectivity index (χ0v) is 6.09. The molecule has 0 fully saturated rings. The number of aliphatic carboxylic acids is 1. The molecule has 0 unspecified atom stereocenters. The van der Waals surface area contributed by atoms with Gasteiger partial charge in [-0.3, -0.25) is 0 Å². The molecule has 0 heterocycles. The molecule has 0 atom stereocenters. The maximum atomic E-state index is 9.71. The van der Waals surface area contributed by atoms with Gasteiger partial charge in [-0.05, 0) is 15.9 Å². The van der Waals surface area contributed by atoms with Crippen LogP contribution in [0.25, 0.3) is 0 Å². The van der Waals surface area contributed by atoms with E-state index in [1.165, 1.54) is 0 Å². The number of carboxylic acid groups (broad SMARTS) is 1. The summed E-state index contributed by atoms with van der Waals surface area (Å²) in [6.07, 6.45) is 0. The smallest absolute Gasteiger partial charge is 0.351 e. The first kappa shape index (κ1) is 7.53. The van der Waals surface area contributed by atoms with E-state index in [9.17, 15) is 4.79 Å². The van der Waals surface area contributed by atoms with Crippen LogP contribution in [0.1, 0.15) is 0 Å². The topological polar surface area (TPSA) is 37.3 Å². The molecular weight excluding hydrogens is 208 g/mol. The Morgan fingerprint density at radius 1 is 1.71 bits per heavy atom. The fourth-order valence-electron chi connectivity index (χ4n) is 0. The van der Waals surface area contributed by atoms with Gasteiger partial charge in [-0.15, -0.1) is 0 Å². The van der Waals surface area contributed by atoms with Crippen LogP contribution in [-0.4, -0.2) is 14.3 Å². The fraction of sp³-hybridized carbons (Fsp3) is 0.500. The first-order valence-electron chi connectivity index (χ1n) is 1.24. The molecule has 1 N–H and O–H groups in total. The van der Waals surface area contributed by atoms with Crippen LogP contribution in [0.4, 0.5) is 0 Å². The highest BCUT2D eigenvalue weighted by atomic mass is 79.9. The second kappa shape index (κ2) is 2.20. The van der Waals surface area contributed by atoms with Crippen molar-refractivity contribution in [1.29, 1.82) is 0 Å². The minimum absolute atomic E-state index is 1.31. The molecule has 0 saturated carbocycles. The Hall–Kier alpha value is 0.530. The summed E-state index contributed by atoms with van der Waals surface area (Å²) in [7, 11) is 0. The maximum absolute atomic E-state index is 9.71. The fourth-order valence-corrected chi connectivity index (χ4v) is 0. The van der Waals surface area contributed by atoms with Crippen LogP contribution >= 0.6 is 39.1 Å². The van der Waals surface area contributed by atoms with Gasteiger partial charge < -0.3 is 5.11 Å². The van der Waals surface area contributed by atoms with Crippen LogP contribution in [0.3, 0.4) is 0 Å². The number of rotatable bonds is 1. The lowest BCUT2D eigenvalue weighted by Crippen LogP contribution is -2.16. The molecule has 0 spiro atoms. The SMILES string of the molecule is O=[13C](O)C(Cl)(Cl)Br. The number of carbonyl (C=O) groups is 1. The Labute approximate surface area is 58.5 Å². The summed E-state index contributed by atoms with van der Waals surface area (Å²) < 4.78 is -1.83. The molecule has 7 heavy (non-hydrogen) atoms. The van der Waals surface area contributed by atoms with Crippen LogP contribution in [0.15, 0.2) is 0 Å². The second-order valence-corrected chi connectivity index (χ2v) is 4.23. The summed E-state index contributed by atoms with van der Waals surface area (Å²) in [6.45, 7) is 0. The molecule has 2 nitrogen and oxygen atoms in total. The zero-order valence-electron chi connectivity index (χ0n) is 2.99. The summed E-state index contributed by atoms with van der Waals surface area (Å²) in [5.41, 5.74) is 0. The molecule has 0 aliphatic heterocycles. The Balaban J connectivity index is 3.79. The summed E-state index contributed by atoms with van der Waals surface area (Å²) in [5, 5.41) is 7.94. The molecule has 0 saturated heterocycles. The molecule has 0 amide bonds. The lowest BCUT2D eigenvalue weighted by atomic mass is 11.2. The highest BCUT2D eigenvalue weighted by Crippen LogP contribution is 2.27. The van der Waals surface area contributed by atoms with Gasteiger partial charge in [0.15, 0.2) is 0 Å². The Morgan fingerprint density at radius 3 is 1.86 bits per heavy atom.